The van der Waals surface area contributed by atoms with Crippen molar-refractivity contribution >= 4 is 0 Å². The van der Waals surface area contributed by atoms with E-state index in [1.807, 2.05) is 0 Å². The van der Waals surface area contributed by atoms with Gasteiger partial charge in [-0.25, -0.2) is 0 Å². The van der Waals surface area contributed by atoms with Gasteiger partial charge in [-0.05, 0) is 54.3 Å². The molecule has 0 N–H and O–H groups in total. The number of hydrogen-bond donors (Lipinski definition) is 0. The molecule has 3 saturated carbocycles. The van der Waals surface area contributed by atoms with Crippen LogP contribution < -0.4 is 0 Å². The Morgan fingerprint density at radius 3 is 1.79 bits per heavy atom. The third-order valence-corrected chi connectivity index (χ3v) is 5.69. The first-order valence-electron chi connectivity index (χ1n) is 6.46. The minimum atomic E-state index is 0.700. The standard InChI is InChI=1S/C14H26/c1-9(2)11-6-12-8-13(7-11)14(12,5)10(3)4/h9-13H,6-8H2,1-5H3. The molecule has 0 heterocycles. The zero-order valence-electron chi connectivity index (χ0n) is 10.5. The van der Waals surface area contributed by atoms with Crippen LogP contribution in [0, 0.1) is 35.0 Å². The van der Waals surface area contributed by atoms with Gasteiger partial charge in [0.2, 0.25) is 0 Å². The van der Waals surface area contributed by atoms with Crippen molar-refractivity contribution in [1.29, 1.82) is 0 Å². The molecule has 0 saturated heterocycles. The maximum Gasteiger partial charge on any atom is -0.0246 e. The lowest BCUT2D eigenvalue weighted by Crippen LogP contribution is -2.55. The Balaban J connectivity index is 2.06. The lowest BCUT2D eigenvalue weighted by Gasteiger charge is -2.63. The average Bonchev–Trinajstić information content (AvgIpc) is 2.16. The fraction of sp³-hybridized carbons (Fsp3) is 1.00. The fourth-order valence-corrected chi connectivity index (χ4v) is 4.04. The normalized spacial score (nSPS) is 46.9. The van der Waals surface area contributed by atoms with Gasteiger partial charge in [0, 0.05) is 0 Å². The SMILES string of the molecule is CC(C)C1CC2CC(C1)C2(C)C(C)C. The molecule has 3 rings (SSSR count). The van der Waals surface area contributed by atoms with Gasteiger partial charge in [0.05, 0.1) is 0 Å². The first-order valence-corrected chi connectivity index (χ1v) is 6.46. The zero-order valence-corrected chi connectivity index (χ0v) is 10.5. The van der Waals surface area contributed by atoms with Crippen LogP contribution in [0.15, 0.2) is 0 Å². The minimum Gasteiger partial charge on any atom is -0.0625 e. The van der Waals surface area contributed by atoms with Crippen molar-refractivity contribution in [2.75, 3.05) is 0 Å². The van der Waals surface area contributed by atoms with E-state index in [2.05, 4.69) is 34.6 Å². The molecule has 3 fully saturated rings. The molecule has 0 aromatic carbocycles. The molecule has 2 atom stereocenters. The summed E-state index contributed by atoms with van der Waals surface area (Å²) in [5, 5.41) is 0. The first-order chi connectivity index (χ1) is 6.46. The van der Waals surface area contributed by atoms with Crippen LogP contribution >= 0.6 is 0 Å². The predicted octanol–water partition coefficient (Wildman–Crippen LogP) is 4.35. The van der Waals surface area contributed by atoms with E-state index in [4.69, 9.17) is 0 Å². The molecule has 2 unspecified atom stereocenters. The third kappa shape index (κ3) is 1.26. The Kier molecular flexibility index (Phi) is 2.44. The molecule has 3 aliphatic carbocycles. The molecule has 0 heteroatoms. The molecule has 82 valence electrons. The largest absolute Gasteiger partial charge is 0.0625 e. The molecular weight excluding hydrogens is 168 g/mol. The van der Waals surface area contributed by atoms with E-state index in [1.54, 1.807) is 0 Å². The Bertz CT molecular complexity index is 202. The van der Waals surface area contributed by atoms with E-state index in [0.29, 0.717) is 5.41 Å². The summed E-state index contributed by atoms with van der Waals surface area (Å²) in [7, 11) is 0. The molecule has 3 aliphatic rings. The smallest absolute Gasteiger partial charge is 0.0246 e. The Labute approximate surface area is 89.5 Å². The van der Waals surface area contributed by atoms with Gasteiger partial charge < -0.3 is 0 Å². The molecule has 0 radical (unpaired) electrons. The summed E-state index contributed by atoms with van der Waals surface area (Å²) >= 11 is 0. The fourth-order valence-electron chi connectivity index (χ4n) is 4.04. The van der Waals surface area contributed by atoms with Gasteiger partial charge >= 0.3 is 0 Å². The highest BCUT2D eigenvalue weighted by Gasteiger charge is 2.56. The van der Waals surface area contributed by atoms with Crippen LogP contribution in [-0.2, 0) is 0 Å². The molecule has 2 bridgehead atoms. The molecule has 0 nitrogen and oxygen atoms in total. The highest BCUT2D eigenvalue weighted by molar-refractivity contribution is 5.05. The third-order valence-electron chi connectivity index (χ3n) is 5.69. The molecule has 0 spiro atoms. The summed E-state index contributed by atoms with van der Waals surface area (Å²) in [6.45, 7) is 12.2. The lowest BCUT2D eigenvalue weighted by atomic mass is 9.42. The van der Waals surface area contributed by atoms with Crippen LogP contribution in [0.5, 0.6) is 0 Å². The minimum absolute atomic E-state index is 0.700. The van der Waals surface area contributed by atoms with Gasteiger partial charge in [-0.2, -0.15) is 0 Å². The second-order valence-corrected chi connectivity index (χ2v) is 6.63. The summed E-state index contributed by atoms with van der Waals surface area (Å²) in [5.74, 6) is 4.93. The van der Waals surface area contributed by atoms with Crippen molar-refractivity contribution in [2.24, 2.45) is 35.0 Å². The van der Waals surface area contributed by atoms with E-state index < -0.39 is 0 Å². The molecule has 0 aromatic rings. The van der Waals surface area contributed by atoms with Crippen molar-refractivity contribution in [3.05, 3.63) is 0 Å². The van der Waals surface area contributed by atoms with E-state index in [-0.39, 0.29) is 0 Å². The van der Waals surface area contributed by atoms with Crippen molar-refractivity contribution in [3.63, 3.8) is 0 Å². The maximum absolute atomic E-state index is 2.55. The lowest BCUT2D eigenvalue weighted by molar-refractivity contribution is -0.140. The van der Waals surface area contributed by atoms with Gasteiger partial charge in [-0.15, -0.1) is 0 Å². The van der Waals surface area contributed by atoms with Gasteiger partial charge in [-0.3, -0.25) is 0 Å². The molecule has 0 amide bonds. The molecule has 14 heavy (non-hydrogen) atoms. The second kappa shape index (κ2) is 3.25. The Morgan fingerprint density at radius 2 is 1.43 bits per heavy atom. The first kappa shape index (κ1) is 10.5. The summed E-state index contributed by atoms with van der Waals surface area (Å²) in [6.07, 6.45) is 4.57. The van der Waals surface area contributed by atoms with Gasteiger partial charge in [-0.1, -0.05) is 34.6 Å². The van der Waals surface area contributed by atoms with Crippen molar-refractivity contribution < 1.29 is 0 Å². The van der Waals surface area contributed by atoms with E-state index in [9.17, 15) is 0 Å². The van der Waals surface area contributed by atoms with Crippen LogP contribution in [0.1, 0.15) is 53.9 Å². The van der Waals surface area contributed by atoms with E-state index in [1.165, 1.54) is 19.3 Å². The van der Waals surface area contributed by atoms with Crippen LogP contribution in [0.3, 0.4) is 0 Å². The topological polar surface area (TPSA) is 0 Å². The van der Waals surface area contributed by atoms with E-state index in [0.717, 1.165) is 29.6 Å². The van der Waals surface area contributed by atoms with Crippen LogP contribution in [-0.4, -0.2) is 0 Å². The summed E-state index contributed by atoms with van der Waals surface area (Å²) in [5.41, 5.74) is 0.700. The van der Waals surface area contributed by atoms with Crippen LogP contribution in [0.2, 0.25) is 0 Å². The monoisotopic (exact) mass is 194 g/mol. The number of fused-ring (bicyclic) bond motifs is 2. The van der Waals surface area contributed by atoms with E-state index >= 15 is 0 Å². The molecule has 0 aromatic heterocycles. The highest BCUT2D eigenvalue weighted by atomic mass is 14.6. The van der Waals surface area contributed by atoms with Gasteiger partial charge in [0.15, 0.2) is 0 Å². The van der Waals surface area contributed by atoms with Gasteiger partial charge in [0.1, 0.15) is 0 Å². The van der Waals surface area contributed by atoms with Crippen LogP contribution in [0.25, 0.3) is 0 Å². The zero-order chi connectivity index (χ0) is 10.5. The Morgan fingerprint density at radius 1 is 0.929 bits per heavy atom. The molecule has 0 aliphatic heterocycles. The number of rotatable bonds is 2. The summed E-state index contributed by atoms with van der Waals surface area (Å²) in [4.78, 5) is 0. The number of hydrogen-bond acceptors (Lipinski definition) is 0. The van der Waals surface area contributed by atoms with Crippen molar-refractivity contribution in [3.8, 4) is 0 Å². The quantitative estimate of drug-likeness (QED) is 0.613. The Hall–Kier alpha value is 0. The second-order valence-electron chi connectivity index (χ2n) is 6.63. The maximum atomic E-state index is 2.55. The molecular formula is C14H26. The summed E-state index contributed by atoms with van der Waals surface area (Å²) < 4.78 is 0. The average molecular weight is 194 g/mol. The van der Waals surface area contributed by atoms with Crippen LogP contribution in [0.4, 0.5) is 0 Å². The highest BCUT2D eigenvalue weighted by Crippen LogP contribution is 2.64. The van der Waals surface area contributed by atoms with Crippen molar-refractivity contribution in [1.82, 2.24) is 0 Å². The predicted molar refractivity (Wildman–Crippen MR) is 62.1 cm³/mol. The van der Waals surface area contributed by atoms with Crippen molar-refractivity contribution in [2.45, 2.75) is 53.9 Å². The van der Waals surface area contributed by atoms with Gasteiger partial charge in [0.25, 0.3) is 0 Å². The summed E-state index contributed by atoms with van der Waals surface area (Å²) in [6, 6.07) is 0.